The molecular formula is C25H26N4O3. The van der Waals surface area contributed by atoms with E-state index in [4.69, 9.17) is 14.5 Å². The predicted octanol–water partition coefficient (Wildman–Crippen LogP) is 3.93. The van der Waals surface area contributed by atoms with Crippen molar-refractivity contribution < 1.29 is 14.3 Å². The molecule has 1 amide bonds. The Morgan fingerprint density at radius 2 is 1.78 bits per heavy atom. The van der Waals surface area contributed by atoms with E-state index in [9.17, 15) is 4.79 Å². The van der Waals surface area contributed by atoms with Crippen LogP contribution in [0, 0.1) is 6.92 Å². The number of rotatable bonds is 7. The zero-order chi connectivity index (χ0) is 22.7. The summed E-state index contributed by atoms with van der Waals surface area (Å²) in [6, 6.07) is 17.4. The van der Waals surface area contributed by atoms with Gasteiger partial charge in [-0.2, -0.15) is 5.10 Å². The van der Waals surface area contributed by atoms with Gasteiger partial charge in [0.25, 0.3) is 5.91 Å². The van der Waals surface area contributed by atoms with E-state index in [0.29, 0.717) is 35.7 Å². The Morgan fingerprint density at radius 1 is 1.03 bits per heavy atom. The number of fused-ring (bicyclic) bond motifs is 1. The molecule has 164 valence electrons. The first-order valence-corrected chi connectivity index (χ1v) is 10.4. The third kappa shape index (κ3) is 4.14. The molecule has 0 aliphatic rings. The highest BCUT2D eigenvalue weighted by Crippen LogP contribution is 2.28. The fraction of sp³-hybridized carbons (Fsp3) is 0.240. The van der Waals surface area contributed by atoms with E-state index in [1.807, 2.05) is 68.6 Å². The number of amides is 1. The molecule has 0 atom stereocenters. The number of nitrogens with one attached hydrogen (secondary N) is 1. The number of aryl methyl sites for hydroxylation is 2. The number of pyridine rings is 1. The molecule has 0 saturated heterocycles. The van der Waals surface area contributed by atoms with E-state index in [-0.39, 0.29) is 5.91 Å². The summed E-state index contributed by atoms with van der Waals surface area (Å²) in [5, 5.41) is 8.30. The second-order valence-electron chi connectivity index (χ2n) is 7.52. The SMILES string of the molecule is COc1ccc(CCNC(=O)c2cc(-c3ccccc3)nc3c2c(C)nn3C)cc1OC. The second kappa shape index (κ2) is 9.09. The minimum absolute atomic E-state index is 0.147. The Bertz CT molecular complexity index is 1270. The molecule has 0 fully saturated rings. The average molecular weight is 431 g/mol. The Hall–Kier alpha value is -3.87. The van der Waals surface area contributed by atoms with Crippen molar-refractivity contribution in [3.05, 3.63) is 71.4 Å². The lowest BCUT2D eigenvalue weighted by Crippen LogP contribution is -2.26. The molecule has 2 aromatic carbocycles. The molecule has 7 nitrogen and oxygen atoms in total. The van der Waals surface area contributed by atoms with Crippen LogP contribution in [0.3, 0.4) is 0 Å². The molecule has 0 aliphatic carbocycles. The third-order valence-electron chi connectivity index (χ3n) is 5.43. The van der Waals surface area contributed by atoms with E-state index in [0.717, 1.165) is 27.9 Å². The lowest BCUT2D eigenvalue weighted by atomic mass is 10.0. The Balaban J connectivity index is 1.59. The van der Waals surface area contributed by atoms with Crippen LogP contribution in [0.4, 0.5) is 0 Å². The molecule has 0 radical (unpaired) electrons. The normalized spacial score (nSPS) is 10.9. The fourth-order valence-electron chi connectivity index (χ4n) is 3.83. The minimum atomic E-state index is -0.147. The summed E-state index contributed by atoms with van der Waals surface area (Å²) < 4.78 is 12.4. The number of aromatic nitrogens is 3. The van der Waals surface area contributed by atoms with Crippen molar-refractivity contribution in [2.75, 3.05) is 20.8 Å². The van der Waals surface area contributed by atoms with Gasteiger partial charge >= 0.3 is 0 Å². The molecule has 0 saturated carbocycles. The Kier molecular flexibility index (Phi) is 6.07. The summed E-state index contributed by atoms with van der Waals surface area (Å²) in [6.07, 6.45) is 0.665. The number of carbonyl (C=O) groups excluding carboxylic acids is 1. The van der Waals surface area contributed by atoms with Crippen LogP contribution in [0.25, 0.3) is 22.3 Å². The number of carbonyl (C=O) groups is 1. The molecule has 32 heavy (non-hydrogen) atoms. The fourth-order valence-corrected chi connectivity index (χ4v) is 3.83. The first kappa shape index (κ1) is 21.4. The summed E-state index contributed by atoms with van der Waals surface area (Å²) in [5.41, 5.74) is 4.78. The third-order valence-corrected chi connectivity index (χ3v) is 5.43. The van der Waals surface area contributed by atoms with Crippen LogP contribution < -0.4 is 14.8 Å². The van der Waals surface area contributed by atoms with Gasteiger partial charge in [0.1, 0.15) is 0 Å². The smallest absolute Gasteiger partial charge is 0.252 e. The standard InChI is InChI=1S/C25H26N4O3/c1-16-23-19(15-20(18-8-6-5-7-9-18)27-24(23)29(2)28-16)25(30)26-13-12-17-10-11-21(31-3)22(14-17)32-4/h5-11,14-15H,12-13H2,1-4H3,(H,26,30). The van der Waals surface area contributed by atoms with E-state index >= 15 is 0 Å². The Labute approximate surface area is 187 Å². The minimum Gasteiger partial charge on any atom is -0.493 e. The average Bonchev–Trinajstić information content (AvgIpc) is 3.12. The number of benzene rings is 2. The molecular weight excluding hydrogens is 404 g/mol. The van der Waals surface area contributed by atoms with Crippen molar-refractivity contribution in [1.29, 1.82) is 0 Å². The van der Waals surface area contributed by atoms with Crippen LogP contribution in [0.5, 0.6) is 11.5 Å². The number of ether oxygens (including phenoxy) is 2. The highest BCUT2D eigenvalue weighted by atomic mass is 16.5. The molecule has 2 aromatic heterocycles. The van der Waals surface area contributed by atoms with Crippen molar-refractivity contribution in [3.63, 3.8) is 0 Å². The summed E-state index contributed by atoms with van der Waals surface area (Å²) in [6.45, 7) is 2.38. The molecule has 2 heterocycles. The molecule has 0 aliphatic heterocycles. The summed E-state index contributed by atoms with van der Waals surface area (Å²) in [4.78, 5) is 18.0. The van der Waals surface area contributed by atoms with Gasteiger partial charge in [0.05, 0.1) is 36.6 Å². The number of hydrogen-bond acceptors (Lipinski definition) is 5. The van der Waals surface area contributed by atoms with Crippen molar-refractivity contribution in [1.82, 2.24) is 20.1 Å². The molecule has 7 heteroatoms. The van der Waals surface area contributed by atoms with E-state index in [2.05, 4.69) is 10.4 Å². The van der Waals surface area contributed by atoms with Crippen molar-refractivity contribution in [3.8, 4) is 22.8 Å². The van der Waals surface area contributed by atoms with Crippen LogP contribution in [-0.2, 0) is 13.5 Å². The van der Waals surface area contributed by atoms with E-state index < -0.39 is 0 Å². The van der Waals surface area contributed by atoms with Gasteiger partial charge in [-0.3, -0.25) is 9.48 Å². The molecule has 1 N–H and O–H groups in total. The molecule has 4 aromatic rings. The van der Waals surface area contributed by atoms with Gasteiger partial charge < -0.3 is 14.8 Å². The Morgan fingerprint density at radius 3 is 2.50 bits per heavy atom. The van der Waals surface area contributed by atoms with Gasteiger partial charge in [-0.05, 0) is 37.1 Å². The van der Waals surface area contributed by atoms with Gasteiger partial charge in [0.2, 0.25) is 0 Å². The largest absolute Gasteiger partial charge is 0.493 e. The zero-order valence-electron chi connectivity index (χ0n) is 18.7. The summed E-state index contributed by atoms with van der Waals surface area (Å²) >= 11 is 0. The van der Waals surface area contributed by atoms with Crippen LogP contribution in [0.15, 0.2) is 54.6 Å². The number of hydrogen-bond donors (Lipinski definition) is 1. The lowest BCUT2D eigenvalue weighted by molar-refractivity contribution is 0.0955. The molecule has 4 rings (SSSR count). The van der Waals surface area contributed by atoms with Gasteiger partial charge in [-0.1, -0.05) is 36.4 Å². The van der Waals surface area contributed by atoms with Gasteiger partial charge in [-0.15, -0.1) is 0 Å². The highest BCUT2D eigenvalue weighted by Gasteiger charge is 2.19. The van der Waals surface area contributed by atoms with Crippen LogP contribution in [0.2, 0.25) is 0 Å². The maximum Gasteiger partial charge on any atom is 0.252 e. The summed E-state index contributed by atoms with van der Waals surface area (Å²) in [7, 11) is 5.06. The van der Waals surface area contributed by atoms with E-state index in [1.54, 1.807) is 18.9 Å². The molecule has 0 spiro atoms. The summed E-state index contributed by atoms with van der Waals surface area (Å²) in [5.74, 6) is 1.21. The monoisotopic (exact) mass is 430 g/mol. The molecule has 0 unspecified atom stereocenters. The maximum atomic E-state index is 13.2. The van der Waals surface area contributed by atoms with Gasteiger partial charge in [-0.25, -0.2) is 4.98 Å². The topological polar surface area (TPSA) is 78.3 Å². The van der Waals surface area contributed by atoms with Crippen LogP contribution in [0.1, 0.15) is 21.6 Å². The first-order chi connectivity index (χ1) is 15.5. The van der Waals surface area contributed by atoms with Crippen LogP contribution in [-0.4, -0.2) is 41.4 Å². The van der Waals surface area contributed by atoms with Crippen molar-refractivity contribution in [2.45, 2.75) is 13.3 Å². The second-order valence-corrected chi connectivity index (χ2v) is 7.52. The van der Waals surface area contributed by atoms with E-state index in [1.165, 1.54) is 0 Å². The predicted molar refractivity (Wildman–Crippen MR) is 124 cm³/mol. The van der Waals surface area contributed by atoms with Crippen molar-refractivity contribution >= 4 is 16.9 Å². The number of nitrogens with zero attached hydrogens (tertiary/aromatic N) is 3. The highest BCUT2D eigenvalue weighted by molar-refractivity contribution is 6.07. The van der Waals surface area contributed by atoms with Gasteiger partial charge in [0.15, 0.2) is 17.1 Å². The number of methoxy groups -OCH3 is 2. The quantitative estimate of drug-likeness (QED) is 0.481. The first-order valence-electron chi connectivity index (χ1n) is 10.4. The van der Waals surface area contributed by atoms with Crippen LogP contribution >= 0.6 is 0 Å². The molecule has 0 bridgehead atoms. The van der Waals surface area contributed by atoms with Crippen molar-refractivity contribution in [2.24, 2.45) is 7.05 Å². The zero-order valence-corrected chi connectivity index (χ0v) is 18.7. The lowest BCUT2D eigenvalue weighted by Gasteiger charge is -2.11. The van der Waals surface area contributed by atoms with Gasteiger partial charge in [0, 0.05) is 19.2 Å². The maximum absolute atomic E-state index is 13.2.